The SMILES string of the molecule is CC1CCC(Cn2c(N3CCC4C3C4C(F)(F)F)nc3cc(-c4n[nH]c(=O)o4)nc(-c4cncc(Cl)c4)c32)CC1. The molecule has 0 bridgehead atoms. The predicted octanol–water partition coefficient (Wildman–Crippen LogP) is 5.70. The van der Waals surface area contributed by atoms with Gasteiger partial charge in [0.05, 0.1) is 27.7 Å². The molecule has 0 amide bonds. The van der Waals surface area contributed by atoms with Crippen LogP contribution in [0.15, 0.2) is 33.7 Å². The summed E-state index contributed by atoms with van der Waals surface area (Å²) in [6.07, 6.45) is 3.68. The summed E-state index contributed by atoms with van der Waals surface area (Å²) >= 11 is 6.30. The fourth-order valence-corrected chi connectivity index (χ4v) is 6.91. The van der Waals surface area contributed by atoms with E-state index in [0.29, 0.717) is 64.6 Å². The lowest BCUT2D eigenvalue weighted by Gasteiger charge is -2.29. The van der Waals surface area contributed by atoms with Crippen LogP contribution in [0.3, 0.4) is 0 Å². The Balaban J connectivity index is 1.42. The molecule has 7 rings (SSSR count). The molecule has 4 aromatic heterocycles. The number of H-pyrrole nitrogens is 1. The Labute approximate surface area is 231 Å². The van der Waals surface area contributed by atoms with Crippen molar-refractivity contribution in [3.8, 4) is 22.8 Å². The molecule has 3 fully saturated rings. The first-order valence-corrected chi connectivity index (χ1v) is 14.0. The second-order valence-corrected chi connectivity index (χ2v) is 11.8. The van der Waals surface area contributed by atoms with Crippen LogP contribution in [0.2, 0.25) is 5.02 Å². The third-order valence-electron chi connectivity index (χ3n) is 8.74. The van der Waals surface area contributed by atoms with Crippen molar-refractivity contribution in [3.63, 3.8) is 0 Å². The maximum absolute atomic E-state index is 13.8. The molecule has 0 spiro atoms. The number of alkyl halides is 3. The minimum atomic E-state index is -4.24. The highest BCUT2D eigenvalue weighted by Crippen LogP contribution is 2.59. The number of aromatic nitrogens is 6. The van der Waals surface area contributed by atoms with E-state index in [4.69, 9.17) is 26.0 Å². The zero-order valence-corrected chi connectivity index (χ0v) is 22.4. The average molecular weight is 574 g/mol. The molecule has 40 heavy (non-hydrogen) atoms. The molecule has 4 aromatic rings. The van der Waals surface area contributed by atoms with Crippen molar-refractivity contribution in [1.82, 2.24) is 29.7 Å². The predicted molar refractivity (Wildman–Crippen MR) is 142 cm³/mol. The number of nitrogens with one attached hydrogen (secondary N) is 1. The van der Waals surface area contributed by atoms with Gasteiger partial charge >= 0.3 is 11.9 Å². The van der Waals surface area contributed by atoms with Gasteiger partial charge in [0.15, 0.2) is 0 Å². The zero-order valence-electron chi connectivity index (χ0n) is 21.7. The number of fused-ring (bicyclic) bond motifs is 2. The van der Waals surface area contributed by atoms with Crippen LogP contribution in [0.1, 0.15) is 39.0 Å². The third-order valence-corrected chi connectivity index (χ3v) is 8.95. The number of nitrogens with zero attached hydrogens (tertiary/aromatic N) is 6. The van der Waals surface area contributed by atoms with Crippen LogP contribution in [0.25, 0.3) is 33.9 Å². The number of aromatic amines is 1. The quantitative estimate of drug-likeness (QED) is 0.326. The highest BCUT2D eigenvalue weighted by molar-refractivity contribution is 6.30. The van der Waals surface area contributed by atoms with Gasteiger partial charge in [0.25, 0.3) is 5.89 Å². The van der Waals surface area contributed by atoms with Crippen molar-refractivity contribution in [2.24, 2.45) is 23.7 Å². The van der Waals surface area contributed by atoms with E-state index in [1.165, 1.54) is 6.20 Å². The molecular weight excluding hydrogens is 547 g/mol. The second-order valence-electron chi connectivity index (χ2n) is 11.4. The maximum Gasteiger partial charge on any atom is 0.434 e. The lowest BCUT2D eigenvalue weighted by molar-refractivity contribution is -0.153. The number of pyridine rings is 2. The fraction of sp³-hybridized carbons (Fsp3) is 0.519. The minimum Gasteiger partial charge on any atom is -0.386 e. The summed E-state index contributed by atoms with van der Waals surface area (Å²) in [5.74, 6) is -0.948. The highest BCUT2D eigenvalue weighted by Gasteiger charge is 2.69. The van der Waals surface area contributed by atoms with E-state index in [0.717, 1.165) is 25.7 Å². The summed E-state index contributed by atoms with van der Waals surface area (Å²) in [5.41, 5.74) is 2.59. The first-order valence-electron chi connectivity index (χ1n) is 13.6. The van der Waals surface area contributed by atoms with Crippen molar-refractivity contribution in [2.45, 2.75) is 57.8 Å². The number of hydrogen-bond acceptors (Lipinski definition) is 7. The molecule has 3 unspecified atom stereocenters. The highest BCUT2D eigenvalue weighted by atomic mass is 35.5. The van der Waals surface area contributed by atoms with Crippen molar-refractivity contribution < 1.29 is 17.6 Å². The van der Waals surface area contributed by atoms with E-state index in [9.17, 15) is 18.0 Å². The number of anilines is 1. The summed E-state index contributed by atoms with van der Waals surface area (Å²) < 4.78 is 48.6. The Hall–Kier alpha value is -3.41. The Morgan fingerprint density at radius 3 is 2.60 bits per heavy atom. The normalized spacial score (nSPS) is 26.4. The molecular formula is C27H27ClF3N7O2. The summed E-state index contributed by atoms with van der Waals surface area (Å²) in [5, 5.41) is 6.58. The number of rotatable bonds is 5. The largest absolute Gasteiger partial charge is 0.434 e. The molecule has 0 aromatic carbocycles. The number of imidazole rings is 1. The zero-order chi connectivity index (χ0) is 27.8. The lowest BCUT2D eigenvalue weighted by atomic mass is 9.83. The molecule has 1 saturated heterocycles. The Bertz CT molecular complexity index is 1640. The summed E-state index contributed by atoms with van der Waals surface area (Å²) in [7, 11) is 0. The van der Waals surface area contributed by atoms with Gasteiger partial charge in [-0.3, -0.25) is 4.98 Å². The maximum atomic E-state index is 13.8. The number of piperidine rings is 1. The van der Waals surface area contributed by atoms with Crippen LogP contribution in [0, 0.1) is 23.7 Å². The van der Waals surface area contributed by atoms with Gasteiger partial charge in [-0.05, 0) is 49.1 Å². The molecule has 2 aliphatic carbocycles. The van der Waals surface area contributed by atoms with Crippen LogP contribution >= 0.6 is 11.6 Å². The monoisotopic (exact) mass is 573 g/mol. The van der Waals surface area contributed by atoms with Crippen molar-refractivity contribution in [3.05, 3.63) is 40.1 Å². The summed E-state index contributed by atoms with van der Waals surface area (Å²) in [6, 6.07) is 2.78. The molecule has 3 atom stereocenters. The van der Waals surface area contributed by atoms with E-state index in [-0.39, 0.29) is 11.6 Å². The molecule has 0 radical (unpaired) electrons. The first-order chi connectivity index (χ1) is 19.2. The van der Waals surface area contributed by atoms with Crippen LogP contribution in [0.4, 0.5) is 19.1 Å². The van der Waals surface area contributed by atoms with Gasteiger partial charge in [0.2, 0.25) is 5.95 Å². The van der Waals surface area contributed by atoms with Gasteiger partial charge in [0.1, 0.15) is 5.69 Å². The number of halogens is 4. The molecule has 13 heteroatoms. The standard InChI is InChI=1S/C27H27ClF3N7O2/c1-13-2-4-14(5-3-13)12-38-23-18(34-25(38)37-7-6-17-20(22(17)37)27(29,30)31)9-19(24-35-36-26(39)40-24)33-21(23)15-8-16(28)11-32-10-15/h8-11,13-14,17,20,22H,2-7,12H2,1H3,(H,36,39). The number of hydrogen-bond donors (Lipinski definition) is 1. The van der Waals surface area contributed by atoms with Gasteiger partial charge in [-0.25, -0.2) is 19.9 Å². The topological polar surface area (TPSA) is 106 Å². The van der Waals surface area contributed by atoms with Crippen molar-refractivity contribution in [2.75, 3.05) is 11.4 Å². The molecule has 1 aliphatic heterocycles. The van der Waals surface area contributed by atoms with Crippen LogP contribution in [-0.4, -0.2) is 48.5 Å². The molecule has 3 aliphatic rings. The van der Waals surface area contributed by atoms with E-state index in [1.54, 1.807) is 18.3 Å². The molecule has 5 heterocycles. The van der Waals surface area contributed by atoms with Gasteiger partial charge < -0.3 is 13.9 Å². The smallest absolute Gasteiger partial charge is 0.386 e. The molecule has 210 valence electrons. The summed E-state index contributed by atoms with van der Waals surface area (Å²) in [4.78, 5) is 27.5. The van der Waals surface area contributed by atoms with Gasteiger partial charge in [-0.1, -0.05) is 31.4 Å². The Kier molecular flexibility index (Phi) is 5.95. The summed E-state index contributed by atoms with van der Waals surface area (Å²) in [6.45, 7) is 3.38. The van der Waals surface area contributed by atoms with E-state index in [1.807, 2.05) is 4.90 Å². The second kappa shape index (κ2) is 9.32. The van der Waals surface area contributed by atoms with Crippen LogP contribution in [0.5, 0.6) is 0 Å². The van der Waals surface area contributed by atoms with E-state index >= 15 is 0 Å². The lowest BCUT2D eigenvalue weighted by Crippen LogP contribution is -2.32. The van der Waals surface area contributed by atoms with Gasteiger partial charge in [0, 0.05) is 37.1 Å². The average Bonchev–Trinajstić information content (AvgIpc) is 3.18. The molecule has 9 nitrogen and oxygen atoms in total. The van der Waals surface area contributed by atoms with Gasteiger partial charge in [-0.2, -0.15) is 13.2 Å². The fourth-order valence-electron chi connectivity index (χ4n) is 6.74. The van der Waals surface area contributed by atoms with Crippen LogP contribution in [-0.2, 0) is 6.54 Å². The first kappa shape index (κ1) is 25.6. The Morgan fingerprint density at radius 2 is 1.93 bits per heavy atom. The van der Waals surface area contributed by atoms with Crippen molar-refractivity contribution >= 4 is 28.6 Å². The third kappa shape index (κ3) is 4.36. The molecule has 1 N–H and O–H groups in total. The van der Waals surface area contributed by atoms with E-state index < -0.39 is 29.8 Å². The molecule has 2 saturated carbocycles. The van der Waals surface area contributed by atoms with E-state index in [2.05, 4.69) is 26.7 Å². The minimum absolute atomic E-state index is 0.0129. The van der Waals surface area contributed by atoms with Gasteiger partial charge in [-0.15, -0.1) is 5.10 Å². The van der Waals surface area contributed by atoms with Crippen molar-refractivity contribution in [1.29, 1.82) is 0 Å². The Morgan fingerprint density at radius 1 is 1.12 bits per heavy atom. The van der Waals surface area contributed by atoms with Crippen LogP contribution < -0.4 is 10.7 Å².